The molecule has 1 nitrogen and oxygen atoms in total. The van der Waals surface area contributed by atoms with E-state index >= 15 is 0 Å². The molecule has 0 spiro atoms. The lowest BCUT2D eigenvalue weighted by atomic mass is 9.87. The van der Waals surface area contributed by atoms with E-state index in [2.05, 4.69) is 44.3 Å². The predicted octanol–water partition coefficient (Wildman–Crippen LogP) is 5.22. The minimum Gasteiger partial charge on any atom is -0.388 e. The molecule has 0 aliphatic carbocycles. The summed E-state index contributed by atoms with van der Waals surface area (Å²) in [6.07, 6.45) is 0.633. The molecule has 0 amide bonds. The number of nitrogens with one attached hydrogen (secondary N) is 1. The summed E-state index contributed by atoms with van der Waals surface area (Å²) in [6.45, 7) is 6.70. The first-order chi connectivity index (χ1) is 10.0. The topological polar surface area (TPSA) is 12.0 Å². The molecule has 0 fully saturated rings. The maximum absolute atomic E-state index is 13.8. The van der Waals surface area contributed by atoms with Gasteiger partial charge in [-0.25, -0.2) is 4.39 Å². The summed E-state index contributed by atoms with van der Waals surface area (Å²) in [6, 6.07) is 13.4. The van der Waals surface area contributed by atoms with Crippen molar-refractivity contribution < 1.29 is 4.39 Å². The molecule has 0 radical (unpaired) electrons. The van der Waals surface area contributed by atoms with Gasteiger partial charge in [-0.2, -0.15) is 0 Å². The third kappa shape index (κ3) is 3.63. The maximum atomic E-state index is 13.8. The highest BCUT2D eigenvalue weighted by Crippen LogP contribution is 2.31. The Morgan fingerprint density at radius 1 is 1.05 bits per heavy atom. The molecule has 0 saturated heterocycles. The highest BCUT2D eigenvalue weighted by molar-refractivity contribution is 5.54. The van der Waals surface area contributed by atoms with E-state index in [0.29, 0.717) is 18.3 Å². The summed E-state index contributed by atoms with van der Waals surface area (Å²) in [5.41, 5.74) is 4.37. The number of hydrogen-bond donors (Lipinski definition) is 1. The van der Waals surface area contributed by atoms with E-state index < -0.39 is 0 Å². The summed E-state index contributed by atoms with van der Waals surface area (Å²) < 4.78 is 13.8. The fourth-order valence-electron chi connectivity index (χ4n) is 2.55. The Bertz CT molecular complexity index is 604. The first kappa shape index (κ1) is 15.6. The zero-order valence-corrected chi connectivity index (χ0v) is 13.3. The van der Waals surface area contributed by atoms with Gasteiger partial charge >= 0.3 is 0 Å². The van der Waals surface area contributed by atoms with Crippen LogP contribution >= 0.6 is 0 Å². The summed E-state index contributed by atoms with van der Waals surface area (Å²) in [4.78, 5) is 0. The minimum atomic E-state index is -0.131. The molecule has 0 bridgehead atoms. The van der Waals surface area contributed by atoms with Crippen molar-refractivity contribution in [3.63, 3.8) is 0 Å². The number of anilines is 1. The zero-order valence-electron chi connectivity index (χ0n) is 13.3. The first-order valence-electron chi connectivity index (χ1n) is 7.57. The zero-order chi connectivity index (χ0) is 15.4. The van der Waals surface area contributed by atoms with Crippen molar-refractivity contribution in [1.29, 1.82) is 0 Å². The van der Waals surface area contributed by atoms with Gasteiger partial charge in [-0.05, 0) is 40.7 Å². The van der Waals surface area contributed by atoms with Crippen LogP contribution in [0.15, 0.2) is 42.5 Å². The Morgan fingerprint density at radius 2 is 1.76 bits per heavy atom. The molecule has 2 rings (SSSR count). The standard InChI is InChI=1S/C19H24FN/c1-13(2)14(3)17-12-15(9-10-19(17)21-4)11-16-7-5-6-8-18(16)20/h5-10,12-14,21H,11H2,1-4H3. The second kappa shape index (κ2) is 6.75. The average molecular weight is 285 g/mol. The molecular weight excluding hydrogens is 261 g/mol. The first-order valence-corrected chi connectivity index (χ1v) is 7.57. The molecule has 2 aromatic rings. The Kier molecular flexibility index (Phi) is 5.00. The normalized spacial score (nSPS) is 12.5. The Morgan fingerprint density at radius 3 is 2.38 bits per heavy atom. The number of hydrogen-bond acceptors (Lipinski definition) is 1. The highest BCUT2D eigenvalue weighted by atomic mass is 19.1. The van der Waals surface area contributed by atoms with Gasteiger partial charge in [0.2, 0.25) is 0 Å². The summed E-state index contributed by atoms with van der Waals surface area (Å²) in [5, 5.41) is 3.26. The molecule has 2 heteroatoms. The molecule has 112 valence electrons. The molecule has 0 aliphatic heterocycles. The largest absolute Gasteiger partial charge is 0.388 e. The summed E-state index contributed by atoms with van der Waals surface area (Å²) in [7, 11) is 1.95. The van der Waals surface area contributed by atoms with Gasteiger partial charge in [0.15, 0.2) is 0 Å². The molecule has 1 atom stereocenters. The number of benzene rings is 2. The third-order valence-electron chi connectivity index (χ3n) is 4.23. The Balaban J connectivity index is 2.34. The van der Waals surface area contributed by atoms with Crippen LogP contribution in [0.2, 0.25) is 0 Å². The second-order valence-electron chi connectivity index (χ2n) is 5.97. The molecule has 0 aliphatic rings. The smallest absolute Gasteiger partial charge is 0.126 e. The monoisotopic (exact) mass is 285 g/mol. The van der Waals surface area contributed by atoms with Crippen LogP contribution < -0.4 is 5.32 Å². The molecule has 1 unspecified atom stereocenters. The third-order valence-corrected chi connectivity index (χ3v) is 4.23. The maximum Gasteiger partial charge on any atom is 0.126 e. The van der Waals surface area contributed by atoms with E-state index in [0.717, 1.165) is 16.8 Å². The molecule has 0 saturated carbocycles. The van der Waals surface area contributed by atoms with Gasteiger partial charge in [-0.3, -0.25) is 0 Å². The summed E-state index contributed by atoms with van der Waals surface area (Å²) in [5.74, 6) is 0.905. The van der Waals surface area contributed by atoms with Crippen molar-refractivity contribution in [2.45, 2.75) is 33.1 Å². The van der Waals surface area contributed by atoms with E-state index in [1.165, 1.54) is 11.6 Å². The van der Waals surface area contributed by atoms with Gasteiger partial charge in [-0.1, -0.05) is 51.1 Å². The van der Waals surface area contributed by atoms with E-state index in [-0.39, 0.29) is 5.82 Å². The minimum absolute atomic E-state index is 0.131. The van der Waals surface area contributed by atoms with Gasteiger partial charge in [0.1, 0.15) is 5.82 Å². The summed E-state index contributed by atoms with van der Waals surface area (Å²) >= 11 is 0. The van der Waals surface area contributed by atoms with Crippen LogP contribution in [-0.2, 0) is 6.42 Å². The van der Waals surface area contributed by atoms with Crippen LogP contribution in [0.3, 0.4) is 0 Å². The predicted molar refractivity (Wildman–Crippen MR) is 88.4 cm³/mol. The second-order valence-corrected chi connectivity index (χ2v) is 5.97. The Hall–Kier alpha value is -1.83. The molecule has 2 aromatic carbocycles. The van der Waals surface area contributed by atoms with Gasteiger partial charge in [0.25, 0.3) is 0 Å². The number of rotatable bonds is 5. The van der Waals surface area contributed by atoms with Crippen molar-refractivity contribution in [2.75, 3.05) is 12.4 Å². The Labute approximate surface area is 127 Å². The molecular formula is C19H24FN. The highest BCUT2D eigenvalue weighted by Gasteiger charge is 2.15. The van der Waals surface area contributed by atoms with E-state index in [1.54, 1.807) is 6.07 Å². The van der Waals surface area contributed by atoms with Gasteiger partial charge in [0, 0.05) is 19.2 Å². The van der Waals surface area contributed by atoms with Crippen LogP contribution in [0, 0.1) is 11.7 Å². The lowest BCUT2D eigenvalue weighted by Crippen LogP contribution is -2.07. The van der Waals surface area contributed by atoms with E-state index in [1.807, 2.05) is 19.2 Å². The van der Waals surface area contributed by atoms with E-state index in [9.17, 15) is 4.39 Å². The molecule has 0 heterocycles. The fourth-order valence-corrected chi connectivity index (χ4v) is 2.55. The SMILES string of the molecule is CNc1ccc(Cc2ccccc2F)cc1C(C)C(C)C. The molecule has 21 heavy (non-hydrogen) atoms. The molecule has 1 N–H and O–H groups in total. The van der Waals surface area contributed by atoms with Crippen LogP contribution in [-0.4, -0.2) is 7.05 Å². The van der Waals surface area contributed by atoms with Gasteiger partial charge < -0.3 is 5.32 Å². The quantitative estimate of drug-likeness (QED) is 0.794. The van der Waals surface area contributed by atoms with Crippen LogP contribution in [0.5, 0.6) is 0 Å². The van der Waals surface area contributed by atoms with Crippen LogP contribution in [0.4, 0.5) is 10.1 Å². The van der Waals surface area contributed by atoms with Crippen molar-refractivity contribution in [1.82, 2.24) is 0 Å². The fraction of sp³-hybridized carbons (Fsp3) is 0.368. The number of halogens is 1. The van der Waals surface area contributed by atoms with Gasteiger partial charge in [0.05, 0.1) is 0 Å². The van der Waals surface area contributed by atoms with Crippen molar-refractivity contribution >= 4 is 5.69 Å². The van der Waals surface area contributed by atoms with Crippen molar-refractivity contribution in [3.05, 3.63) is 65.0 Å². The lowest BCUT2D eigenvalue weighted by molar-refractivity contribution is 0.535. The lowest BCUT2D eigenvalue weighted by Gasteiger charge is -2.21. The molecule has 0 aromatic heterocycles. The van der Waals surface area contributed by atoms with Crippen LogP contribution in [0.25, 0.3) is 0 Å². The average Bonchev–Trinajstić information content (AvgIpc) is 2.48. The van der Waals surface area contributed by atoms with Crippen LogP contribution in [0.1, 0.15) is 43.4 Å². The van der Waals surface area contributed by atoms with Crippen molar-refractivity contribution in [2.24, 2.45) is 5.92 Å². The van der Waals surface area contributed by atoms with E-state index in [4.69, 9.17) is 0 Å². The van der Waals surface area contributed by atoms with Gasteiger partial charge in [-0.15, -0.1) is 0 Å². The van der Waals surface area contributed by atoms with Crippen molar-refractivity contribution in [3.8, 4) is 0 Å².